The molecule has 1 aromatic carbocycles. The van der Waals surface area contributed by atoms with Gasteiger partial charge >= 0.3 is 0 Å². The molecule has 0 unspecified atom stereocenters. The van der Waals surface area contributed by atoms with Crippen LogP contribution in [0.4, 0.5) is 5.69 Å². The van der Waals surface area contributed by atoms with Crippen molar-refractivity contribution in [3.05, 3.63) is 23.8 Å². The summed E-state index contributed by atoms with van der Waals surface area (Å²) in [5.41, 5.74) is 1.78. The SMILES string of the molecule is CCN(CC)c1ccc(/C=N/N2CCOCC2)c(O)c1. The van der Waals surface area contributed by atoms with Gasteiger partial charge in [0.25, 0.3) is 0 Å². The van der Waals surface area contributed by atoms with Crippen LogP contribution in [-0.4, -0.2) is 55.7 Å². The van der Waals surface area contributed by atoms with Crippen molar-refractivity contribution < 1.29 is 9.84 Å². The summed E-state index contributed by atoms with van der Waals surface area (Å²) in [5, 5.41) is 16.4. The minimum absolute atomic E-state index is 0.270. The van der Waals surface area contributed by atoms with E-state index in [9.17, 15) is 5.11 Å². The molecule has 5 heteroatoms. The molecule has 110 valence electrons. The standard InChI is InChI=1S/C15H23N3O2/c1-3-17(4-2)14-6-5-13(15(19)11-14)12-16-18-7-9-20-10-8-18/h5-6,11-12,19H,3-4,7-10H2,1-2H3/b16-12+. The maximum absolute atomic E-state index is 10.1. The second kappa shape index (κ2) is 7.14. The zero-order chi connectivity index (χ0) is 14.4. The molecule has 1 aliphatic heterocycles. The number of morpholine rings is 1. The number of phenolic OH excluding ortho intramolecular Hbond substituents is 1. The van der Waals surface area contributed by atoms with E-state index in [0.29, 0.717) is 13.2 Å². The minimum Gasteiger partial charge on any atom is -0.507 e. The van der Waals surface area contributed by atoms with Gasteiger partial charge in [0.2, 0.25) is 0 Å². The highest BCUT2D eigenvalue weighted by molar-refractivity contribution is 5.84. The Kier molecular flexibility index (Phi) is 5.24. The Balaban J connectivity index is 2.07. The predicted octanol–water partition coefficient (Wildman–Crippen LogP) is 1.90. The molecule has 2 rings (SSSR count). The first kappa shape index (κ1) is 14.7. The van der Waals surface area contributed by atoms with E-state index in [1.807, 2.05) is 17.1 Å². The van der Waals surface area contributed by atoms with Gasteiger partial charge in [0.15, 0.2) is 0 Å². The number of hydrazone groups is 1. The van der Waals surface area contributed by atoms with Gasteiger partial charge in [-0.15, -0.1) is 0 Å². The highest BCUT2D eigenvalue weighted by Gasteiger charge is 2.08. The maximum Gasteiger partial charge on any atom is 0.126 e. The first-order chi connectivity index (χ1) is 9.74. The van der Waals surface area contributed by atoms with Crippen LogP contribution in [0.2, 0.25) is 0 Å². The summed E-state index contributed by atoms with van der Waals surface area (Å²) < 4.78 is 5.27. The third-order valence-electron chi connectivity index (χ3n) is 3.49. The molecule has 1 saturated heterocycles. The van der Waals surface area contributed by atoms with Crippen LogP contribution in [0, 0.1) is 0 Å². The first-order valence-electron chi connectivity index (χ1n) is 7.19. The molecule has 0 radical (unpaired) electrons. The fraction of sp³-hybridized carbons (Fsp3) is 0.533. The van der Waals surface area contributed by atoms with E-state index in [-0.39, 0.29) is 5.75 Å². The van der Waals surface area contributed by atoms with Crippen molar-refractivity contribution in [2.24, 2.45) is 5.10 Å². The molecule has 0 atom stereocenters. The number of benzene rings is 1. The molecule has 1 aliphatic rings. The van der Waals surface area contributed by atoms with Crippen molar-refractivity contribution in [3.8, 4) is 5.75 Å². The topological polar surface area (TPSA) is 48.3 Å². The maximum atomic E-state index is 10.1. The van der Waals surface area contributed by atoms with Gasteiger partial charge in [0.1, 0.15) is 5.75 Å². The first-order valence-corrected chi connectivity index (χ1v) is 7.19. The van der Waals surface area contributed by atoms with E-state index in [2.05, 4.69) is 23.8 Å². The molecule has 0 aromatic heterocycles. The molecule has 0 saturated carbocycles. The van der Waals surface area contributed by atoms with Crippen LogP contribution < -0.4 is 4.90 Å². The van der Waals surface area contributed by atoms with Crippen LogP contribution in [-0.2, 0) is 4.74 Å². The van der Waals surface area contributed by atoms with Crippen LogP contribution in [0.1, 0.15) is 19.4 Å². The highest BCUT2D eigenvalue weighted by atomic mass is 16.5. The van der Waals surface area contributed by atoms with Crippen molar-refractivity contribution in [2.45, 2.75) is 13.8 Å². The largest absolute Gasteiger partial charge is 0.507 e. The Morgan fingerprint density at radius 1 is 1.30 bits per heavy atom. The second-order valence-electron chi connectivity index (χ2n) is 4.73. The Morgan fingerprint density at radius 3 is 2.60 bits per heavy atom. The molecule has 1 aromatic rings. The molecule has 1 heterocycles. The predicted molar refractivity (Wildman–Crippen MR) is 81.7 cm³/mol. The zero-order valence-electron chi connectivity index (χ0n) is 12.2. The van der Waals surface area contributed by atoms with E-state index >= 15 is 0 Å². The van der Waals surface area contributed by atoms with E-state index in [4.69, 9.17) is 4.74 Å². The second-order valence-corrected chi connectivity index (χ2v) is 4.73. The number of nitrogens with zero attached hydrogens (tertiary/aromatic N) is 3. The van der Waals surface area contributed by atoms with Gasteiger partial charge in [-0.2, -0.15) is 5.10 Å². The summed E-state index contributed by atoms with van der Waals surface area (Å²) in [5.74, 6) is 0.270. The molecular weight excluding hydrogens is 254 g/mol. The molecule has 1 fully saturated rings. The van der Waals surface area contributed by atoms with E-state index in [1.54, 1.807) is 12.3 Å². The lowest BCUT2D eigenvalue weighted by Crippen LogP contribution is -2.32. The number of rotatable bonds is 5. The van der Waals surface area contributed by atoms with Crippen molar-refractivity contribution in [1.29, 1.82) is 0 Å². The Morgan fingerprint density at radius 2 is 2.00 bits per heavy atom. The quantitative estimate of drug-likeness (QED) is 0.835. The number of anilines is 1. The molecule has 1 N–H and O–H groups in total. The third-order valence-corrected chi connectivity index (χ3v) is 3.49. The monoisotopic (exact) mass is 277 g/mol. The van der Waals surface area contributed by atoms with Gasteiger partial charge in [0, 0.05) is 30.4 Å². The molecule has 5 nitrogen and oxygen atoms in total. The van der Waals surface area contributed by atoms with Crippen LogP contribution in [0.3, 0.4) is 0 Å². The van der Waals surface area contributed by atoms with Crippen LogP contribution in [0.25, 0.3) is 0 Å². The lowest BCUT2D eigenvalue weighted by molar-refractivity contribution is 0.0397. The Bertz CT molecular complexity index is 452. The van der Waals surface area contributed by atoms with Crippen molar-refractivity contribution >= 4 is 11.9 Å². The van der Waals surface area contributed by atoms with Crippen molar-refractivity contribution in [1.82, 2.24) is 5.01 Å². The van der Waals surface area contributed by atoms with Crippen LogP contribution in [0.15, 0.2) is 23.3 Å². The molecule has 20 heavy (non-hydrogen) atoms. The van der Waals surface area contributed by atoms with Gasteiger partial charge in [-0.3, -0.25) is 5.01 Å². The van der Waals surface area contributed by atoms with E-state index < -0.39 is 0 Å². The van der Waals surface area contributed by atoms with Gasteiger partial charge in [-0.25, -0.2) is 0 Å². The zero-order valence-corrected chi connectivity index (χ0v) is 12.2. The average molecular weight is 277 g/mol. The lowest BCUT2D eigenvalue weighted by Gasteiger charge is -2.23. The summed E-state index contributed by atoms with van der Waals surface area (Å²) >= 11 is 0. The summed E-state index contributed by atoms with van der Waals surface area (Å²) in [6.45, 7) is 9.09. The van der Waals surface area contributed by atoms with Gasteiger partial charge in [-0.1, -0.05) is 0 Å². The lowest BCUT2D eigenvalue weighted by atomic mass is 10.2. The Hall–Kier alpha value is -1.75. The summed E-state index contributed by atoms with van der Waals surface area (Å²) in [7, 11) is 0. The van der Waals surface area contributed by atoms with E-state index in [0.717, 1.165) is 37.4 Å². The number of hydrogen-bond acceptors (Lipinski definition) is 5. The molecule has 0 amide bonds. The van der Waals surface area contributed by atoms with Crippen LogP contribution >= 0.6 is 0 Å². The Labute approximate surface area is 120 Å². The van der Waals surface area contributed by atoms with Gasteiger partial charge < -0.3 is 14.7 Å². The van der Waals surface area contributed by atoms with Crippen molar-refractivity contribution in [3.63, 3.8) is 0 Å². The molecule has 0 bridgehead atoms. The number of phenols is 1. The fourth-order valence-corrected chi connectivity index (χ4v) is 2.24. The molecular formula is C15H23N3O2. The van der Waals surface area contributed by atoms with E-state index in [1.165, 1.54) is 0 Å². The van der Waals surface area contributed by atoms with Crippen LogP contribution in [0.5, 0.6) is 5.75 Å². The normalized spacial score (nSPS) is 15.8. The molecule has 0 spiro atoms. The van der Waals surface area contributed by atoms with Gasteiger partial charge in [-0.05, 0) is 26.0 Å². The highest BCUT2D eigenvalue weighted by Crippen LogP contribution is 2.23. The molecule has 0 aliphatic carbocycles. The van der Waals surface area contributed by atoms with Gasteiger partial charge in [0.05, 0.1) is 32.5 Å². The third kappa shape index (κ3) is 3.63. The average Bonchev–Trinajstić information content (AvgIpc) is 2.49. The number of ether oxygens (including phenoxy) is 1. The number of aromatic hydroxyl groups is 1. The summed E-state index contributed by atoms with van der Waals surface area (Å²) in [6.07, 6.45) is 1.71. The summed E-state index contributed by atoms with van der Waals surface area (Å²) in [6, 6.07) is 5.73. The summed E-state index contributed by atoms with van der Waals surface area (Å²) in [4.78, 5) is 2.20. The smallest absolute Gasteiger partial charge is 0.126 e. The van der Waals surface area contributed by atoms with Crippen molar-refractivity contribution in [2.75, 3.05) is 44.3 Å². The fourth-order valence-electron chi connectivity index (χ4n) is 2.24. The minimum atomic E-state index is 0.270. The number of hydrogen-bond donors (Lipinski definition) is 1.